The molecule has 2 rings (SSSR count). The maximum Gasteiger partial charge on any atom is 0.133 e. The van der Waals surface area contributed by atoms with E-state index in [1.807, 2.05) is 18.2 Å². The van der Waals surface area contributed by atoms with Crippen LogP contribution in [0.5, 0.6) is 11.5 Å². The summed E-state index contributed by atoms with van der Waals surface area (Å²) in [5.41, 5.74) is 2.34. The fourth-order valence-electron chi connectivity index (χ4n) is 3.06. The van der Waals surface area contributed by atoms with Crippen molar-refractivity contribution in [3.05, 3.63) is 35.4 Å². The molecule has 1 aromatic carbocycles. The summed E-state index contributed by atoms with van der Waals surface area (Å²) in [6, 6.07) is 5.78. The van der Waals surface area contributed by atoms with Crippen LogP contribution in [-0.4, -0.2) is 20.0 Å². The average molecular weight is 274 g/mol. The van der Waals surface area contributed by atoms with Crippen molar-refractivity contribution in [1.82, 2.24) is 0 Å². The van der Waals surface area contributed by atoms with Gasteiger partial charge in [0.2, 0.25) is 0 Å². The molecule has 3 heteroatoms. The molecule has 1 aliphatic rings. The van der Waals surface area contributed by atoms with E-state index in [4.69, 9.17) is 9.47 Å². The van der Waals surface area contributed by atoms with Gasteiger partial charge in [0.25, 0.3) is 0 Å². The molecule has 0 amide bonds. The number of carbonyl (C=O) groups excluding carboxylic acids is 1. The van der Waals surface area contributed by atoms with Gasteiger partial charge in [0.1, 0.15) is 17.3 Å². The predicted molar refractivity (Wildman–Crippen MR) is 79.4 cm³/mol. The van der Waals surface area contributed by atoms with E-state index in [2.05, 4.69) is 13.0 Å². The number of ether oxygens (including phenoxy) is 2. The van der Waals surface area contributed by atoms with Crippen molar-refractivity contribution in [3.63, 3.8) is 0 Å². The van der Waals surface area contributed by atoms with Crippen LogP contribution in [0.1, 0.15) is 38.2 Å². The van der Waals surface area contributed by atoms with Crippen LogP contribution in [0.25, 0.3) is 0 Å². The lowest BCUT2D eigenvalue weighted by Crippen LogP contribution is -2.24. The zero-order chi connectivity index (χ0) is 14.7. The van der Waals surface area contributed by atoms with Gasteiger partial charge in [-0.15, -0.1) is 0 Å². The van der Waals surface area contributed by atoms with Gasteiger partial charge in [-0.3, -0.25) is 4.79 Å². The number of hydrogen-bond donors (Lipinski definition) is 0. The molecule has 0 saturated heterocycles. The summed E-state index contributed by atoms with van der Waals surface area (Å²) in [6.45, 7) is 3.79. The Bertz CT molecular complexity index is 509. The zero-order valence-corrected chi connectivity index (χ0v) is 12.6. The van der Waals surface area contributed by atoms with E-state index in [1.54, 1.807) is 21.1 Å². The summed E-state index contributed by atoms with van der Waals surface area (Å²) in [4.78, 5) is 12.0. The fraction of sp³-hybridized carbons (Fsp3) is 0.471. The molecule has 0 aromatic heterocycles. The Morgan fingerprint density at radius 1 is 1.20 bits per heavy atom. The molecule has 1 aliphatic carbocycles. The molecule has 0 spiro atoms. The minimum absolute atomic E-state index is 0.00361. The van der Waals surface area contributed by atoms with E-state index < -0.39 is 0 Å². The SMILES string of the molecule is COc1cccc(OC)c1[C@@H]1CC(C)=CC[C@H]1C(C)=O. The third-order valence-corrected chi connectivity index (χ3v) is 4.11. The Morgan fingerprint density at radius 2 is 1.80 bits per heavy atom. The highest BCUT2D eigenvalue weighted by molar-refractivity contribution is 5.80. The summed E-state index contributed by atoms with van der Waals surface area (Å²) in [6.07, 6.45) is 3.85. The second-order valence-corrected chi connectivity index (χ2v) is 5.39. The largest absolute Gasteiger partial charge is 0.496 e. The number of allylic oxidation sites excluding steroid dienone is 2. The Hall–Kier alpha value is -1.77. The van der Waals surface area contributed by atoms with Crippen molar-refractivity contribution in [1.29, 1.82) is 0 Å². The van der Waals surface area contributed by atoms with Crippen molar-refractivity contribution in [3.8, 4) is 11.5 Å². The molecule has 0 aliphatic heterocycles. The highest BCUT2D eigenvalue weighted by Crippen LogP contribution is 2.45. The van der Waals surface area contributed by atoms with Crippen LogP contribution in [0.2, 0.25) is 0 Å². The average Bonchev–Trinajstić information content (AvgIpc) is 2.45. The minimum Gasteiger partial charge on any atom is -0.496 e. The summed E-state index contributed by atoms with van der Waals surface area (Å²) >= 11 is 0. The van der Waals surface area contributed by atoms with Gasteiger partial charge in [0.05, 0.1) is 14.2 Å². The number of hydrogen-bond acceptors (Lipinski definition) is 3. The van der Waals surface area contributed by atoms with Crippen molar-refractivity contribution in [2.75, 3.05) is 14.2 Å². The number of ketones is 1. The van der Waals surface area contributed by atoms with Crippen molar-refractivity contribution < 1.29 is 14.3 Å². The first-order valence-corrected chi connectivity index (χ1v) is 6.95. The van der Waals surface area contributed by atoms with Gasteiger partial charge in [0, 0.05) is 17.4 Å². The van der Waals surface area contributed by atoms with Crippen LogP contribution in [0.3, 0.4) is 0 Å². The van der Waals surface area contributed by atoms with Crippen molar-refractivity contribution >= 4 is 5.78 Å². The summed E-state index contributed by atoms with van der Waals surface area (Å²) in [5, 5.41) is 0. The lowest BCUT2D eigenvalue weighted by molar-refractivity contribution is -0.121. The van der Waals surface area contributed by atoms with Gasteiger partial charge >= 0.3 is 0 Å². The van der Waals surface area contributed by atoms with Crippen LogP contribution >= 0.6 is 0 Å². The van der Waals surface area contributed by atoms with Crippen LogP contribution < -0.4 is 9.47 Å². The molecule has 0 N–H and O–H groups in total. The minimum atomic E-state index is 0.00361. The number of benzene rings is 1. The smallest absolute Gasteiger partial charge is 0.133 e. The summed E-state index contributed by atoms with van der Waals surface area (Å²) in [7, 11) is 3.32. The lowest BCUT2D eigenvalue weighted by atomic mass is 9.74. The zero-order valence-electron chi connectivity index (χ0n) is 12.6. The number of methoxy groups -OCH3 is 2. The maximum atomic E-state index is 12.0. The predicted octanol–water partition coefficient (Wildman–Crippen LogP) is 3.73. The van der Waals surface area contributed by atoms with Gasteiger partial charge in [-0.2, -0.15) is 0 Å². The molecule has 0 fully saturated rings. The molecular formula is C17H22O3. The molecule has 0 unspecified atom stereocenters. The van der Waals surface area contributed by atoms with E-state index >= 15 is 0 Å². The number of rotatable bonds is 4. The van der Waals surface area contributed by atoms with E-state index in [9.17, 15) is 4.79 Å². The van der Waals surface area contributed by atoms with Crippen LogP contribution in [-0.2, 0) is 4.79 Å². The first kappa shape index (κ1) is 14.6. The van der Waals surface area contributed by atoms with Gasteiger partial charge in [-0.25, -0.2) is 0 Å². The molecule has 3 nitrogen and oxygen atoms in total. The summed E-state index contributed by atoms with van der Waals surface area (Å²) in [5.74, 6) is 1.96. The molecule has 1 aromatic rings. The molecule has 0 radical (unpaired) electrons. The highest BCUT2D eigenvalue weighted by atomic mass is 16.5. The van der Waals surface area contributed by atoms with Crippen molar-refractivity contribution in [2.45, 2.75) is 32.6 Å². The first-order chi connectivity index (χ1) is 9.58. The lowest BCUT2D eigenvalue weighted by Gasteiger charge is -2.31. The third-order valence-electron chi connectivity index (χ3n) is 4.11. The Morgan fingerprint density at radius 3 is 2.30 bits per heavy atom. The van der Waals surface area contributed by atoms with E-state index in [1.165, 1.54) is 5.57 Å². The molecule has 0 saturated carbocycles. The normalized spacial score (nSPS) is 22.1. The molecule has 0 heterocycles. The fourth-order valence-corrected chi connectivity index (χ4v) is 3.06. The van der Waals surface area contributed by atoms with E-state index in [0.717, 1.165) is 29.9 Å². The Balaban J connectivity index is 2.52. The van der Waals surface area contributed by atoms with E-state index in [0.29, 0.717) is 0 Å². The molecule has 20 heavy (non-hydrogen) atoms. The second-order valence-electron chi connectivity index (χ2n) is 5.39. The molecular weight excluding hydrogens is 252 g/mol. The quantitative estimate of drug-likeness (QED) is 0.785. The summed E-state index contributed by atoms with van der Waals surface area (Å²) < 4.78 is 11.0. The topological polar surface area (TPSA) is 35.5 Å². The number of Topliss-reactive ketones (excluding diaryl/α,β-unsaturated/α-hetero) is 1. The standard InChI is InChI=1S/C17H22O3/c1-11-8-9-13(12(2)18)14(10-11)17-15(19-3)6-5-7-16(17)20-4/h5-8,13-14H,9-10H2,1-4H3/t13-,14+/m0/s1. The van der Waals surface area contributed by atoms with Crippen LogP contribution in [0, 0.1) is 5.92 Å². The molecule has 108 valence electrons. The van der Waals surface area contributed by atoms with E-state index in [-0.39, 0.29) is 17.6 Å². The first-order valence-electron chi connectivity index (χ1n) is 6.95. The van der Waals surface area contributed by atoms with Gasteiger partial charge in [-0.05, 0) is 38.8 Å². The van der Waals surface area contributed by atoms with Gasteiger partial charge < -0.3 is 9.47 Å². The second kappa shape index (κ2) is 6.12. The molecule has 0 bridgehead atoms. The third kappa shape index (κ3) is 2.72. The van der Waals surface area contributed by atoms with Gasteiger partial charge in [0.15, 0.2) is 0 Å². The Kier molecular flexibility index (Phi) is 4.48. The number of carbonyl (C=O) groups is 1. The maximum absolute atomic E-state index is 12.0. The molecule has 2 atom stereocenters. The monoisotopic (exact) mass is 274 g/mol. The highest BCUT2D eigenvalue weighted by Gasteiger charge is 2.33. The van der Waals surface area contributed by atoms with Crippen LogP contribution in [0.4, 0.5) is 0 Å². The van der Waals surface area contributed by atoms with Gasteiger partial charge in [-0.1, -0.05) is 17.7 Å². The van der Waals surface area contributed by atoms with Crippen molar-refractivity contribution in [2.24, 2.45) is 5.92 Å². The van der Waals surface area contributed by atoms with Crippen LogP contribution in [0.15, 0.2) is 29.8 Å². The Labute approximate surface area is 120 Å².